The van der Waals surface area contributed by atoms with Gasteiger partial charge in [-0.15, -0.1) is 0 Å². The van der Waals surface area contributed by atoms with Crippen LogP contribution < -0.4 is 5.32 Å². The van der Waals surface area contributed by atoms with Gasteiger partial charge in [-0.1, -0.05) is 0 Å². The number of likely N-dealkylation sites (N-methyl/N-ethyl adjacent to an activating group) is 1. The molecular formula is C8H14N2O. The molecule has 2 heterocycles. The zero-order valence-electron chi connectivity index (χ0n) is 7.00. The lowest BCUT2D eigenvalue weighted by molar-refractivity contribution is -0.127. The molecule has 2 aliphatic heterocycles. The number of amides is 1. The summed E-state index contributed by atoms with van der Waals surface area (Å²) in [5, 5.41) is 3.38. The smallest absolute Gasteiger partial charge is 0.223 e. The van der Waals surface area contributed by atoms with Crippen LogP contribution >= 0.6 is 0 Å². The molecule has 0 aromatic rings. The van der Waals surface area contributed by atoms with E-state index in [1.165, 1.54) is 0 Å². The molecule has 2 saturated heterocycles. The SMILES string of the molecule is CC1NCC2CC(=O)N(C)C21. The van der Waals surface area contributed by atoms with Crippen molar-refractivity contribution in [1.82, 2.24) is 10.2 Å². The summed E-state index contributed by atoms with van der Waals surface area (Å²) < 4.78 is 0. The molecule has 3 unspecified atom stereocenters. The molecule has 3 nitrogen and oxygen atoms in total. The van der Waals surface area contributed by atoms with Crippen molar-refractivity contribution in [3.63, 3.8) is 0 Å². The third-order valence-corrected chi connectivity index (χ3v) is 2.97. The summed E-state index contributed by atoms with van der Waals surface area (Å²) in [5.41, 5.74) is 0. The fourth-order valence-corrected chi connectivity index (χ4v) is 2.37. The van der Waals surface area contributed by atoms with Crippen LogP contribution in [0.3, 0.4) is 0 Å². The lowest BCUT2D eigenvalue weighted by atomic mass is 10.0. The van der Waals surface area contributed by atoms with Gasteiger partial charge in [-0.25, -0.2) is 0 Å². The van der Waals surface area contributed by atoms with Gasteiger partial charge >= 0.3 is 0 Å². The first-order chi connectivity index (χ1) is 5.20. The molecule has 0 aromatic carbocycles. The average Bonchev–Trinajstić information content (AvgIpc) is 2.41. The molecule has 0 aromatic heterocycles. The van der Waals surface area contributed by atoms with Crippen molar-refractivity contribution in [3.8, 4) is 0 Å². The zero-order chi connectivity index (χ0) is 8.01. The predicted molar refractivity (Wildman–Crippen MR) is 42.1 cm³/mol. The predicted octanol–water partition coefficient (Wildman–Crippen LogP) is -0.175. The highest BCUT2D eigenvalue weighted by Crippen LogP contribution is 2.29. The van der Waals surface area contributed by atoms with Crippen LogP contribution in [0.15, 0.2) is 0 Å². The zero-order valence-corrected chi connectivity index (χ0v) is 7.00. The van der Waals surface area contributed by atoms with Crippen LogP contribution in [0, 0.1) is 5.92 Å². The molecular weight excluding hydrogens is 140 g/mol. The van der Waals surface area contributed by atoms with Crippen molar-refractivity contribution >= 4 is 5.91 Å². The van der Waals surface area contributed by atoms with E-state index in [-0.39, 0.29) is 0 Å². The first-order valence-electron chi connectivity index (χ1n) is 4.19. The van der Waals surface area contributed by atoms with Gasteiger partial charge in [0.1, 0.15) is 0 Å². The number of carbonyl (C=O) groups is 1. The monoisotopic (exact) mass is 154 g/mol. The number of hydrogen-bond donors (Lipinski definition) is 1. The molecule has 11 heavy (non-hydrogen) atoms. The van der Waals surface area contributed by atoms with Crippen molar-refractivity contribution in [2.24, 2.45) is 5.92 Å². The Morgan fingerprint density at radius 1 is 1.64 bits per heavy atom. The fraction of sp³-hybridized carbons (Fsp3) is 0.875. The number of likely N-dealkylation sites (tertiary alicyclic amines) is 1. The second-order valence-corrected chi connectivity index (χ2v) is 3.66. The van der Waals surface area contributed by atoms with E-state index in [0.29, 0.717) is 23.9 Å². The van der Waals surface area contributed by atoms with Crippen molar-refractivity contribution in [2.75, 3.05) is 13.6 Å². The molecule has 0 bridgehead atoms. The van der Waals surface area contributed by atoms with E-state index in [2.05, 4.69) is 12.2 Å². The molecule has 3 atom stereocenters. The summed E-state index contributed by atoms with van der Waals surface area (Å²) in [5.74, 6) is 0.885. The van der Waals surface area contributed by atoms with E-state index in [1.807, 2.05) is 11.9 Å². The number of carbonyl (C=O) groups excluding carboxylic acids is 1. The molecule has 1 N–H and O–H groups in total. The Bertz CT molecular complexity index is 193. The molecule has 1 amide bonds. The van der Waals surface area contributed by atoms with Crippen LogP contribution in [0.4, 0.5) is 0 Å². The van der Waals surface area contributed by atoms with Crippen LogP contribution in [0.25, 0.3) is 0 Å². The van der Waals surface area contributed by atoms with Crippen molar-refractivity contribution < 1.29 is 4.79 Å². The van der Waals surface area contributed by atoms with Crippen LogP contribution in [0.5, 0.6) is 0 Å². The van der Waals surface area contributed by atoms with E-state index < -0.39 is 0 Å². The normalized spacial score (nSPS) is 43.3. The van der Waals surface area contributed by atoms with Gasteiger partial charge in [0.25, 0.3) is 0 Å². The molecule has 3 heteroatoms. The quantitative estimate of drug-likeness (QED) is 0.525. The van der Waals surface area contributed by atoms with Gasteiger partial charge in [0.15, 0.2) is 0 Å². The molecule has 62 valence electrons. The fourth-order valence-electron chi connectivity index (χ4n) is 2.37. The standard InChI is InChI=1S/C8H14N2O/c1-5-8-6(4-9-5)3-7(11)10(8)2/h5-6,8-9H,3-4H2,1-2H3. The summed E-state index contributed by atoms with van der Waals surface area (Å²) in [7, 11) is 1.91. The molecule has 0 saturated carbocycles. The highest BCUT2D eigenvalue weighted by atomic mass is 16.2. The number of rotatable bonds is 0. The van der Waals surface area contributed by atoms with Gasteiger partial charge in [0.2, 0.25) is 5.91 Å². The summed E-state index contributed by atoms with van der Waals surface area (Å²) in [4.78, 5) is 13.1. The van der Waals surface area contributed by atoms with Gasteiger partial charge in [0, 0.05) is 32.0 Å². The van der Waals surface area contributed by atoms with E-state index in [9.17, 15) is 4.79 Å². The van der Waals surface area contributed by atoms with Crippen LogP contribution in [-0.2, 0) is 4.79 Å². The Kier molecular flexibility index (Phi) is 1.42. The second-order valence-electron chi connectivity index (χ2n) is 3.66. The third kappa shape index (κ3) is 0.872. The first-order valence-corrected chi connectivity index (χ1v) is 4.19. The molecule has 2 rings (SSSR count). The van der Waals surface area contributed by atoms with Gasteiger partial charge in [-0.2, -0.15) is 0 Å². The number of nitrogens with zero attached hydrogens (tertiary/aromatic N) is 1. The molecule has 2 aliphatic rings. The van der Waals surface area contributed by atoms with E-state index >= 15 is 0 Å². The third-order valence-electron chi connectivity index (χ3n) is 2.97. The molecule has 0 aliphatic carbocycles. The maximum Gasteiger partial charge on any atom is 0.223 e. The van der Waals surface area contributed by atoms with Gasteiger partial charge in [0.05, 0.1) is 6.04 Å². The van der Waals surface area contributed by atoms with Gasteiger partial charge < -0.3 is 10.2 Å². The van der Waals surface area contributed by atoms with Gasteiger partial charge in [-0.05, 0) is 6.92 Å². The van der Waals surface area contributed by atoms with Crippen molar-refractivity contribution in [3.05, 3.63) is 0 Å². The van der Waals surface area contributed by atoms with Crippen LogP contribution in [-0.4, -0.2) is 36.5 Å². The second kappa shape index (κ2) is 2.21. The number of hydrogen-bond acceptors (Lipinski definition) is 2. The maximum absolute atomic E-state index is 11.2. The summed E-state index contributed by atoms with van der Waals surface area (Å²) in [6, 6.07) is 0.943. The lowest BCUT2D eigenvalue weighted by Gasteiger charge is -2.22. The minimum absolute atomic E-state index is 0.313. The van der Waals surface area contributed by atoms with Crippen LogP contribution in [0.2, 0.25) is 0 Å². The number of fused-ring (bicyclic) bond motifs is 1. The Hall–Kier alpha value is -0.570. The van der Waals surface area contributed by atoms with Gasteiger partial charge in [-0.3, -0.25) is 4.79 Å². The Morgan fingerprint density at radius 2 is 2.36 bits per heavy atom. The largest absolute Gasteiger partial charge is 0.341 e. The highest BCUT2D eigenvalue weighted by molar-refractivity contribution is 5.79. The first kappa shape index (κ1) is 7.10. The molecule has 2 fully saturated rings. The minimum Gasteiger partial charge on any atom is -0.341 e. The van der Waals surface area contributed by atoms with E-state index in [4.69, 9.17) is 0 Å². The van der Waals surface area contributed by atoms with Crippen LogP contribution in [0.1, 0.15) is 13.3 Å². The van der Waals surface area contributed by atoms with Crippen molar-refractivity contribution in [1.29, 1.82) is 0 Å². The lowest BCUT2D eigenvalue weighted by Crippen LogP contribution is -2.39. The Labute approximate surface area is 66.8 Å². The summed E-state index contributed by atoms with van der Waals surface area (Å²) >= 11 is 0. The molecule has 0 spiro atoms. The Balaban J connectivity index is 2.19. The topological polar surface area (TPSA) is 32.3 Å². The van der Waals surface area contributed by atoms with Crippen molar-refractivity contribution in [2.45, 2.75) is 25.4 Å². The minimum atomic E-state index is 0.313. The summed E-state index contributed by atoms with van der Waals surface area (Å²) in [6.07, 6.45) is 0.749. The van der Waals surface area contributed by atoms with E-state index in [1.54, 1.807) is 0 Å². The summed E-state index contributed by atoms with van der Waals surface area (Å²) in [6.45, 7) is 3.17. The average molecular weight is 154 g/mol. The highest BCUT2D eigenvalue weighted by Gasteiger charge is 2.44. The molecule has 0 radical (unpaired) electrons. The maximum atomic E-state index is 11.2. The van der Waals surface area contributed by atoms with E-state index in [0.717, 1.165) is 13.0 Å². The Morgan fingerprint density at radius 3 is 3.00 bits per heavy atom. The number of nitrogens with one attached hydrogen (secondary N) is 1.